The van der Waals surface area contributed by atoms with E-state index in [1.165, 1.54) is 4.90 Å². The maximum Gasteiger partial charge on any atom is 0.328 e. The molecular weight excluding hydrogens is 446 g/mol. The summed E-state index contributed by atoms with van der Waals surface area (Å²) < 4.78 is 0.802. The van der Waals surface area contributed by atoms with Crippen LogP contribution in [-0.4, -0.2) is 44.4 Å². The van der Waals surface area contributed by atoms with Gasteiger partial charge in [-0.15, -0.1) is 0 Å². The lowest BCUT2D eigenvalue weighted by molar-refractivity contribution is -0.128. The molecule has 154 valence electrons. The van der Waals surface area contributed by atoms with Crippen molar-refractivity contribution in [3.05, 3.63) is 63.8 Å². The van der Waals surface area contributed by atoms with Gasteiger partial charge in [0.1, 0.15) is 17.8 Å². The topological polar surface area (TPSA) is 76.6 Å². The Morgan fingerprint density at radius 3 is 2.80 bits per heavy atom. The molecule has 0 radical (unpaired) electrons. The molecule has 2 aliphatic rings. The Labute approximate surface area is 182 Å². The number of amides is 3. The quantitative estimate of drug-likeness (QED) is 0.545. The predicted molar refractivity (Wildman–Crippen MR) is 117 cm³/mol. The number of aromatic amines is 1. The minimum Gasteiger partial charge on any atom is -0.508 e. The fourth-order valence-electron chi connectivity index (χ4n) is 4.72. The highest BCUT2D eigenvalue weighted by molar-refractivity contribution is 9.10. The molecule has 6 nitrogen and oxygen atoms in total. The van der Waals surface area contributed by atoms with Crippen molar-refractivity contribution in [3.63, 3.8) is 0 Å². The molecule has 2 aliphatic heterocycles. The van der Waals surface area contributed by atoms with Crippen molar-refractivity contribution in [2.24, 2.45) is 0 Å². The normalized spacial score (nSPS) is 20.7. The number of halogens is 1. The van der Waals surface area contributed by atoms with E-state index >= 15 is 0 Å². The number of urea groups is 1. The molecule has 2 atom stereocenters. The second-order valence-electron chi connectivity index (χ2n) is 7.92. The molecule has 0 bridgehead atoms. The van der Waals surface area contributed by atoms with Crippen LogP contribution in [-0.2, 0) is 11.2 Å². The molecule has 1 aromatic heterocycles. The summed E-state index contributed by atoms with van der Waals surface area (Å²) in [7, 11) is 0. The Kier molecular flexibility index (Phi) is 4.58. The molecule has 2 unspecified atom stereocenters. The number of imide groups is 1. The number of hydrogen-bond acceptors (Lipinski definition) is 3. The van der Waals surface area contributed by atoms with Crippen LogP contribution in [0.15, 0.2) is 46.9 Å². The van der Waals surface area contributed by atoms with Gasteiger partial charge in [0.05, 0.1) is 0 Å². The number of nitrogens with zero attached hydrogens (tertiary/aromatic N) is 2. The van der Waals surface area contributed by atoms with Crippen molar-refractivity contribution in [2.45, 2.75) is 38.3 Å². The first-order chi connectivity index (χ1) is 14.5. The molecule has 5 rings (SSSR count). The van der Waals surface area contributed by atoms with Crippen molar-refractivity contribution in [1.82, 2.24) is 14.8 Å². The van der Waals surface area contributed by atoms with Gasteiger partial charge in [-0.05, 0) is 36.2 Å². The molecule has 0 saturated carbocycles. The van der Waals surface area contributed by atoms with Gasteiger partial charge in [0.25, 0.3) is 5.91 Å². The predicted octanol–water partition coefficient (Wildman–Crippen LogP) is 4.71. The van der Waals surface area contributed by atoms with E-state index in [0.717, 1.165) is 39.5 Å². The average molecular weight is 468 g/mol. The van der Waals surface area contributed by atoms with Crippen LogP contribution in [0.25, 0.3) is 10.9 Å². The molecule has 1 saturated heterocycles. The van der Waals surface area contributed by atoms with E-state index in [-0.39, 0.29) is 17.7 Å². The van der Waals surface area contributed by atoms with Crippen LogP contribution in [0.5, 0.6) is 5.75 Å². The average Bonchev–Trinajstić information content (AvgIpc) is 3.23. The number of H-pyrrole nitrogens is 1. The Morgan fingerprint density at radius 2 is 2.00 bits per heavy atom. The Hall–Kier alpha value is -2.80. The summed E-state index contributed by atoms with van der Waals surface area (Å²) in [4.78, 5) is 33.1. The van der Waals surface area contributed by atoms with Crippen molar-refractivity contribution in [1.29, 1.82) is 0 Å². The maximum atomic E-state index is 13.4. The third-order valence-corrected chi connectivity index (χ3v) is 6.65. The van der Waals surface area contributed by atoms with Gasteiger partial charge in [-0.25, -0.2) is 4.79 Å². The van der Waals surface area contributed by atoms with Crippen LogP contribution in [0.1, 0.15) is 42.6 Å². The van der Waals surface area contributed by atoms with Crippen LogP contribution in [0.3, 0.4) is 0 Å². The first kappa shape index (κ1) is 19.2. The SMILES string of the molecule is CCCCN1C(=O)C2Cc3c([nH]c4ccccc34)C(c3cc(Br)ccc3O)N2C1=O. The molecule has 3 heterocycles. The highest BCUT2D eigenvalue weighted by Gasteiger charge is 2.52. The molecule has 7 heteroatoms. The van der Waals surface area contributed by atoms with Gasteiger partial charge in [0.15, 0.2) is 0 Å². The standard InChI is InChI=1S/C23H22BrN3O3/c1-2-3-10-26-22(29)18-12-15-14-6-4-5-7-17(14)25-20(15)21(27(18)23(26)30)16-11-13(24)8-9-19(16)28/h4-9,11,18,21,25,28H,2-3,10,12H2,1H3. The Bertz CT molecular complexity index is 1170. The van der Waals surface area contributed by atoms with E-state index in [9.17, 15) is 14.7 Å². The number of aromatic hydroxyl groups is 1. The van der Waals surface area contributed by atoms with E-state index in [2.05, 4.69) is 20.9 Å². The molecule has 3 aromatic rings. The highest BCUT2D eigenvalue weighted by atomic mass is 79.9. The highest BCUT2D eigenvalue weighted by Crippen LogP contribution is 2.46. The van der Waals surface area contributed by atoms with E-state index in [0.29, 0.717) is 18.5 Å². The monoisotopic (exact) mass is 467 g/mol. The van der Waals surface area contributed by atoms with Crippen LogP contribution in [0.4, 0.5) is 4.79 Å². The van der Waals surface area contributed by atoms with Gasteiger partial charge < -0.3 is 10.1 Å². The molecule has 0 aliphatic carbocycles. The first-order valence-electron chi connectivity index (χ1n) is 10.2. The number of nitrogens with one attached hydrogen (secondary N) is 1. The molecule has 2 N–H and O–H groups in total. The lowest BCUT2D eigenvalue weighted by Crippen LogP contribution is -2.44. The minimum absolute atomic E-state index is 0.0979. The number of carbonyl (C=O) groups excluding carboxylic acids is 2. The van der Waals surface area contributed by atoms with Gasteiger partial charge in [-0.1, -0.05) is 47.5 Å². The summed E-state index contributed by atoms with van der Waals surface area (Å²) in [5.41, 5.74) is 3.46. The summed E-state index contributed by atoms with van der Waals surface area (Å²) in [5.74, 6) is -0.0513. The first-order valence-corrected chi connectivity index (χ1v) is 11.0. The number of aromatic nitrogens is 1. The number of fused-ring (bicyclic) bond motifs is 4. The smallest absolute Gasteiger partial charge is 0.328 e. The second kappa shape index (κ2) is 7.16. The van der Waals surface area contributed by atoms with Crippen molar-refractivity contribution in [2.75, 3.05) is 6.54 Å². The Balaban J connectivity index is 1.72. The van der Waals surface area contributed by atoms with E-state index in [4.69, 9.17) is 0 Å². The number of rotatable bonds is 4. The summed E-state index contributed by atoms with van der Waals surface area (Å²) in [6.07, 6.45) is 2.15. The molecule has 3 amide bonds. The third-order valence-electron chi connectivity index (χ3n) is 6.15. The van der Waals surface area contributed by atoms with E-state index in [1.54, 1.807) is 17.0 Å². The molecular formula is C23H22BrN3O3. The zero-order chi connectivity index (χ0) is 21.0. The van der Waals surface area contributed by atoms with Gasteiger partial charge in [-0.2, -0.15) is 0 Å². The summed E-state index contributed by atoms with van der Waals surface area (Å²) >= 11 is 3.48. The number of carbonyl (C=O) groups is 2. The van der Waals surface area contributed by atoms with Crippen molar-refractivity contribution < 1.29 is 14.7 Å². The minimum atomic E-state index is -0.565. The number of phenols is 1. The summed E-state index contributed by atoms with van der Waals surface area (Å²) in [5, 5.41) is 11.8. The van der Waals surface area contributed by atoms with Gasteiger partial charge in [0, 0.05) is 39.6 Å². The van der Waals surface area contributed by atoms with Gasteiger partial charge >= 0.3 is 6.03 Å². The van der Waals surface area contributed by atoms with Crippen LogP contribution < -0.4 is 0 Å². The van der Waals surface area contributed by atoms with Crippen molar-refractivity contribution in [3.8, 4) is 5.75 Å². The third kappa shape index (κ3) is 2.75. The van der Waals surface area contributed by atoms with Crippen LogP contribution in [0.2, 0.25) is 0 Å². The lowest BCUT2D eigenvalue weighted by Gasteiger charge is -2.36. The lowest BCUT2D eigenvalue weighted by atomic mass is 9.88. The number of benzene rings is 2. The number of unbranched alkanes of at least 4 members (excludes halogenated alkanes) is 1. The maximum absolute atomic E-state index is 13.4. The van der Waals surface area contributed by atoms with Crippen LogP contribution in [0, 0.1) is 0 Å². The van der Waals surface area contributed by atoms with E-state index < -0.39 is 12.1 Å². The Morgan fingerprint density at radius 1 is 1.20 bits per heavy atom. The van der Waals surface area contributed by atoms with Crippen LogP contribution >= 0.6 is 15.9 Å². The second-order valence-corrected chi connectivity index (χ2v) is 8.84. The number of para-hydroxylation sites is 1. The summed E-state index contributed by atoms with van der Waals surface area (Å²) in [6, 6.07) is 11.7. The number of phenolic OH excluding ortho intramolecular Hbond substituents is 1. The van der Waals surface area contributed by atoms with Gasteiger partial charge in [0.2, 0.25) is 0 Å². The zero-order valence-corrected chi connectivity index (χ0v) is 18.1. The molecule has 30 heavy (non-hydrogen) atoms. The fraction of sp³-hybridized carbons (Fsp3) is 0.304. The number of hydrogen-bond donors (Lipinski definition) is 2. The molecule has 2 aromatic carbocycles. The molecule has 1 fully saturated rings. The largest absolute Gasteiger partial charge is 0.508 e. The fourth-order valence-corrected chi connectivity index (χ4v) is 5.10. The van der Waals surface area contributed by atoms with Gasteiger partial charge in [-0.3, -0.25) is 14.6 Å². The van der Waals surface area contributed by atoms with E-state index in [1.807, 2.05) is 37.3 Å². The zero-order valence-electron chi connectivity index (χ0n) is 16.6. The van der Waals surface area contributed by atoms with Crippen molar-refractivity contribution >= 4 is 38.8 Å². The summed E-state index contributed by atoms with van der Waals surface area (Å²) in [6.45, 7) is 2.46. The molecule has 0 spiro atoms.